The highest BCUT2D eigenvalue weighted by atomic mass is 16.5. The summed E-state index contributed by atoms with van der Waals surface area (Å²) in [6.45, 7) is 1.00. The summed E-state index contributed by atoms with van der Waals surface area (Å²) in [5, 5.41) is 9.60. The number of ether oxygens (including phenoxy) is 1. The van der Waals surface area contributed by atoms with Crippen LogP contribution in [-0.4, -0.2) is 18.3 Å². The van der Waals surface area contributed by atoms with Crippen LogP contribution in [0.25, 0.3) is 11.0 Å². The summed E-state index contributed by atoms with van der Waals surface area (Å²) in [6, 6.07) is 8.76. The van der Waals surface area contributed by atoms with E-state index in [0.29, 0.717) is 18.8 Å². The van der Waals surface area contributed by atoms with E-state index in [9.17, 15) is 4.79 Å². The predicted octanol–water partition coefficient (Wildman–Crippen LogP) is 4.28. The number of benzene rings is 1. The summed E-state index contributed by atoms with van der Waals surface area (Å²) in [7, 11) is 0. The molecular formula is C19H26O4. The van der Waals surface area contributed by atoms with Crippen LogP contribution in [0.1, 0.15) is 51.4 Å². The first kappa shape index (κ1) is 17.5. The molecule has 4 nitrogen and oxygen atoms in total. The number of unbranched alkanes of at least 4 members (excludes halogenated alkanes) is 7. The highest BCUT2D eigenvalue weighted by Crippen LogP contribution is 2.19. The smallest absolute Gasteiger partial charge is 0.336 e. The first-order valence-corrected chi connectivity index (χ1v) is 8.57. The summed E-state index contributed by atoms with van der Waals surface area (Å²) < 4.78 is 10.9. The Morgan fingerprint density at radius 1 is 0.870 bits per heavy atom. The van der Waals surface area contributed by atoms with Crippen LogP contribution in [0.2, 0.25) is 0 Å². The van der Waals surface area contributed by atoms with Crippen LogP contribution in [0.5, 0.6) is 5.75 Å². The molecule has 2 aromatic rings. The second-order valence-corrected chi connectivity index (χ2v) is 5.85. The second-order valence-electron chi connectivity index (χ2n) is 5.85. The summed E-state index contributed by atoms with van der Waals surface area (Å²) in [4.78, 5) is 11.2. The SMILES string of the molecule is O=c1ccc2ccc(OCCCCCCCCCCO)cc2o1. The molecule has 0 aliphatic rings. The molecule has 23 heavy (non-hydrogen) atoms. The van der Waals surface area contributed by atoms with E-state index in [1.165, 1.54) is 38.2 Å². The van der Waals surface area contributed by atoms with Gasteiger partial charge in [-0.3, -0.25) is 0 Å². The van der Waals surface area contributed by atoms with Crippen molar-refractivity contribution in [3.05, 3.63) is 40.8 Å². The van der Waals surface area contributed by atoms with Gasteiger partial charge >= 0.3 is 5.63 Å². The third-order valence-electron chi connectivity index (χ3n) is 3.92. The molecule has 0 atom stereocenters. The van der Waals surface area contributed by atoms with Gasteiger partial charge in [0.05, 0.1) is 6.61 Å². The minimum absolute atomic E-state index is 0.315. The highest BCUT2D eigenvalue weighted by Gasteiger charge is 2.00. The maximum Gasteiger partial charge on any atom is 0.336 e. The number of hydrogen-bond acceptors (Lipinski definition) is 4. The fraction of sp³-hybridized carbons (Fsp3) is 0.526. The zero-order chi connectivity index (χ0) is 16.3. The Morgan fingerprint density at radius 2 is 1.52 bits per heavy atom. The fourth-order valence-electron chi connectivity index (χ4n) is 2.60. The van der Waals surface area contributed by atoms with Crippen LogP contribution in [0.4, 0.5) is 0 Å². The van der Waals surface area contributed by atoms with Crippen molar-refractivity contribution in [2.75, 3.05) is 13.2 Å². The van der Waals surface area contributed by atoms with Crippen molar-refractivity contribution in [3.8, 4) is 5.75 Å². The second kappa shape index (κ2) is 10.1. The lowest BCUT2D eigenvalue weighted by Crippen LogP contribution is -1.98. The average molecular weight is 318 g/mol. The number of hydrogen-bond donors (Lipinski definition) is 1. The minimum Gasteiger partial charge on any atom is -0.493 e. The molecule has 0 aliphatic heterocycles. The molecule has 1 aromatic heterocycles. The topological polar surface area (TPSA) is 59.7 Å². The van der Waals surface area contributed by atoms with Crippen molar-refractivity contribution < 1.29 is 14.3 Å². The van der Waals surface area contributed by atoms with Gasteiger partial charge in [0.15, 0.2) is 0 Å². The van der Waals surface area contributed by atoms with Gasteiger partial charge in [-0.15, -0.1) is 0 Å². The molecule has 1 N–H and O–H groups in total. The molecule has 0 radical (unpaired) electrons. The van der Waals surface area contributed by atoms with E-state index < -0.39 is 0 Å². The van der Waals surface area contributed by atoms with Crippen molar-refractivity contribution in [2.24, 2.45) is 0 Å². The molecule has 0 aliphatic carbocycles. The van der Waals surface area contributed by atoms with Crippen molar-refractivity contribution in [3.63, 3.8) is 0 Å². The molecule has 1 heterocycles. The van der Waals surface area contributed by atoms with Crippen LogP contribution in [-0.2, 0) is 0 Å². The third-order valence-corrected chi connectivity index (χ3v) is 3.92. The maximum absolute atomic E-state index is 11.2. The third kappa shape index (κ3) is 6.45. The van der Waals surface area contributed by atoms with Crippen LogP contribution < -0.4 is 10.4 Å². The Bertz CT molecular complexity index is 633. The number of rotatable bonds is 11. The molecule has 0 unspecified atom stereocenters. The highest BCUT2D eigenvalue weighted by molar-refractivity contribution is 5.77. The van der Waals surface area contributed by atoms with E-state index in [4.69, 9.17) is 14.3 Å². The van der Waals surface area contributed by atoms with Crippen molar-refractivity contribution in [1.29, 1.82) is 0 Å². The van der Waals surface area contributed by atoms with E-state index in [2.05, 4.69) is 0 Å². The molecule has 4 heteroatoms. The standard InChI is InChI=1S/C19H26O4/c20-13-7-5-3-1-2-4-6-8-14-22-17-11-9-16-10-12-19(21)23-18(16)15-17/h9-12,15,20H,1-8,13-14H2. The lowest BCUT2D eigenvalue weighted by molar-refractivity contribution is 0.282. The van der Waals surface area contributed by atoms with Crippen LogP contribution in [0.3, 0.4) is 0 Å². The van der Waals surface area contributed by atoms with Gasteiger partial charge < -0.3 is 14.3 Å². The lowest BCUT2D eigenvalue weighted by atomic mass is 10.1. The van der Waals surface area contributed by atoms with Gasteiger partial charge in [-0.1, -0.05) is 38.5 Å². The molecule has 0 fully saturated rings. The van der Waals surface area contributed by atoms with Gasteiger partial charge in [0.25, 0.3) is 0 Å². The lowest BCUT2D eigenvalue weighted by Gasteiger charge is -2.07. The molecule has 0 spiro atoms. The molecule has 1 aromatic carbocycles. The molecule has 2 rings (SSSR count). The van der Waals surface area contributed by atoms with Crippen LogP contribution in [0.15, 0.2) is 39.5 Å². The van der Waals surface area contributed by atoms with E-state index in [1.807, 2.05) is 12.1 Å². The largest absolute Gasteiger partial charge is 0.493 e. The summed E-state index contributed by atoms with van der Waals surface area (Å²) in [6.07, 6.45) is 9.24. The Morgan fingerprint density at radius 3 is 2.26 bits per heavy atom. The van der Waals surface area contributed by atoms with Crippen LogP contribution in [0, 0.1) is 0 Å². The fourth-order valence-corrected chi connectivity index (χ4v) is 2.60. The van der Waals surface area contributed by atoms with Gasteiger partial charge in [-0.05, 0) is 31.0 Å². The number of fused-ring (bicyclic) bond motifs is 1. The van der Waals surface area contributed by atoms with Gasteiger partial charge in [-0.2, -0.15) is 0 Å². The van der Waals surface area contributed by atoms with E-state index in [-0.39, 0.29) is 5.63 Å². The summed E-state index contributed by atoms with van der Waals surface area (Å²) in [5.74, 6) is 0.746. The Kier molecular flexibility index (Phi) is 7.67. The van der Waals surface area contributed by atoms with Gasteiger partial charge in [-0.25, -0.2) is 4.79 Å². The zero-order valence-electron chi connectivity index (χ0n) is 13.6. The van der Waals surface area contributed by atoms with Crippen LogP contribution >= 0.6 is 0 Å². The normalized spacial score (nSPS) is 11.0. The predicted molar refractivity (Wildman–Crippen MR) is 92.0 cm³/mol. The molecule has 126 valence electrons. The minimum atomic E-state index is -0.339. The quantitative estimate of drug-likeness (QED) is 0.496. The van der Waals surface area contributed by atoms with Crippen molar-refractivity contribution in [1.82, 2.24) is 0 Å². The van der Waals surface area contributed by atoms with Crippen molar-refractivity contribution >= 4 is 11.0 Å². The van der Waals surface area contributed by atoms with Gasteiger partial charge in [0, 0.05) is 24.1 Å². The molecule has 0 amide bonds. The number of aliphatic hydroxyl groups is 1. The summed E-state index contributed by atoms with van der Waals surface area (Å²) in [5.41, 5.74) is 0.228. The maximum atomic E-state index is 11.2. The zero-order valence-corrected chi connectivity index (χ0v) is 13.6. The Labute approximate surface area is 137 Å². The molecule has 0 saturated carbocycles. The molecular weight excluding hydrogens is 292 g/mol. The Hall–Kier alpha value is -1.81. The van der Waals surface area contributed by atoms with E-state index >= 15 is 0 Å². The average Bonchev–Trinajstić information content (AvgIpc) is 2.56. The first-order valence-electron chi connectivity index (χ1n) is 8.57. The van der Waals surface area contributed by atoms with Crippen molar-refractivity contribution in [2.45, 2.75) is 51.4 Å². The van der Waals surface area contributed by atoms with Gasteiger partial charge in [0.1, 0.15) is 11.3 Å². The number of aliphatic hydroxyl groups excluding tert-OH is 1. The van der Waals surface area contributed by atoms with E-state index in [1.54, 1.807) is 12.1 Å². The first-order chi connectivity index (χ1) is 11.3. The molecule has 0 bridgehead atoms. The summed E-state index contributed by atoms with van der Waals surface area (Å²) >= 11 is 0. The van der Waals surface area contributed by atoms with E-state index in [0.717, 1.165) is 30.4 Å². The molecule has 0 saturated heterocycles. The monoisotopic (exact) mass is 318 g/mol. The Balaban J connectivity index is 1.60. The van der Waals surface area contributed by atoms with Gasteiger partial charge in [0.2, 0.25) is 0 Å².